The number of sulfonamides is 1. The molecule has 334 valence electrons. The lowest BCUT2D eigenvalue weighted by Gasteiger charge is -2.34. The molecule has 2 aliphatic carbocycles. The summed E-state index contributed by atoms with van der Waals surface area (Å²) in [5.41, 5.74) is -2.60. The maximum Gasteiger partial charge on any atom is 0.307 e. The first-order chi connectivity index (χ1) is 28.6. The Labute approximate surface area is 356 Å². The average molecular weight is 872 g/mol. The normalized spacial score (nSPS) is 29.8. The number of alkyl halides is 2. The highest BCUT2D eigenvalue weighted by atomic mass is 32.2. The van der Waals surface area contributed by atoms with Crippen molar-refractivity contribution in [2.24, 2.45) is 29.1 Å². The fourth-order valence-electron chi connectivity index (χ4n) is 9.13. The summed E-state index contributed by atoms with van der Waals surface area (Å²) in [6, 6.07) is 4.38. The molecule has 3 aliphatic heterocycles. The van der Waals surface area contributed by atoms with Gasteiger partial charge in [0.2, 0.25) is 33.6 Å². The summed E-state index contributed by atoms with van der Waals surface area (Å²) in [6.07, 6.45) is 6.70. The fraction of sp³-hybridized carbons (Fsp3) is 0.667. The summed E-state index contributed by atoms with van der Waals surface area (Å²) in [5.74, 6) is -6.61. The summed E-state index contributed by atoms with van der Waals surface area (Å²) in [5, 5.41) is 1.51. The maximum atomic E-state index is 15.1. The lowest BCUT2D eigenvalue weighted by atomic mass is 9.82. The van der Waals surface area contributed by atoms with Crippen molar-refractivity contribution >= 4 is 44.4 Å². The van der Waals surface area contributed by atoms with Crippen LogP contribution in [0.15, 0.2) is 30.4 Å². The summed E-state index contributed by atoms with van der Waals surface area (Å²) < 4.78 is 80.3. The Balaban J connectivity index is 1.25. The van der Waals surface area contributed by atoms with Gasteiger partial charge in [-0.2, -0.15) is 4.98 Å². The average Bonchev–Trinajstić information content (AvgIpc) is 4.07. The number of hydrogen-bond donors (Lipinski definition) is 1. The molecule has 1 saturated heterocycles. The number of pyridine rings is 1. The van der Waals surface area contributed by atoms with Crippen molar-refractivity contribution in [2.75, 3.05) is 20.3 Å². The number of carbonyl (C=O) groups is 4. The van der Waals surface area contributed by atoms with Crippen molar-refractivity contribution in [1.29, 1.82) is 0 Å². The van der Waals surface area contributed by atoms with Gasteiger partial charge in [-0.1, -0.05) is 26.0 Å². The van der Waals surface area contributed by atoms with Crippen LogP contribution in [-0.2, 0) is 40.4 Å². The number of nitrogens with one attached hydrogen (secondary N) is 1. The number of esters is 1. The number of hydrogen-bond acceptors (Lipinski definition) is 11. The van der Waals surface area contributed by atoms with E-state index in [1.54, 1.807) is 20.1 Å². The summed E-state index contributed by atoms with van der Waals surface area (Å²) in [6.45, 7) is 8.73. The van der Waals surface area contributed by atoms with Crippen LogP contribution < -0.4 is 18.9 Å². The number of aryl methyl sites for hydroxylation is 1. The first-order valence-corrected chi connectivity index (χ1v) is 23.0. The quantitative estimate of drug-likeness (QED) is 0.195. The summed E-state index contributed by atoms with van der Waals surface area (Å²) in [7, 11) is -2.44. The third-order valence-corrected chi connectivity index (χ3v) is 16.1. The molecule has 2 saturated carbocycles. The van der Waals surface area contributed by atoms with Gasteiger partial charge in [0.25, 0.3) is 5.92 Å². The molecular formula is C45H59F2N3O10S. The number of amides is 2. The number of Topliss-reactive ketones (excluding diaryl/α,β-unsaturated/α-hetero) is 1. The van der Waals surface area contributed by atoms with Crippen LogP contribution >= 0.6 is 0 Å². The van der Waals surface area contributed by atoms with E-state index in [1.807, 2.05) is 38.1 Å². The van der Waals surface area contributed by atoms with E-state index >= 15 is 4.79 Å². The molecule has 0 unspecified atom stereocenters. The molecule has 2 amide bonds. The van der Waals surface area contributed by atoms with E-state index in [0.717, 1.165) is 37.6 Å². The van der Waals surface area contributed by atoms with Gasteiger partial charge in [-0.15, -0.1) is 0 Å². The van der Waals surface area contributed by atoms with Gasteiger partial charge >= 0.3 is 5.97 Å². The van der Waals surface area contributed by atoms with Crippen molar-refractivity contribution in [1.82, 2.24) is 14.6 Å². The fourth-order valence-corrected chi connectivity index (χ4v) is 10.5. The van der Waals surface area contributed by atoms with Crippen LogP contribution in [0.25, 0.3) is 10.8 Å². The van der Waals surface area contributed by atoms with Crippen molar-refractivity contribution in [3.05, 3.63) is 35.9 Å². The Morgan fingerprint density at radius 2 is 1.84 bits per heavy atom. The lowest BCUT2D eigenvalue weighted by molar-refractivity contribution is -0.197. The molecule has 7 atom stereocenters. The monoisotopic (exact) mass is 871 g/mol. The van der Waals surface area contributed by atoms with E-state index in [2.05, 4.69) is 4.72 Å². The first-order valence-electron chi connectivity index (χ1n) is 21.5. The van der Waals surface area contributed by atoms with E-state index < -0.39 is 91.6 Å². The highest BCUT2D eigenvalue weighted by Crippen LogP contribution is 2.58. The molecular weight excluding hydrogens is 813 g/mol. The van der Waals surface area contributed by atoms with Crippen molar-refractivity contribution < 1.29 is 55.3 Å². The molecule has 2 aromatic rings. The number of ether oxygens (including phenoxy) is 4. The molecule has 1 aromatic heterocycles. The Morgan fingerprint density at radius 3 is 2.52 bits per heavy atom. The number of nitrogens with zero attached hydrogens (tertiary/aromatic N) is 2. The van der Waals surface area contributed by atoms with Gasteiger partial charge in [-0.25, -0.2) is 17.2 Å². The number of halogens is 2. The lowest BCUT2D eigenvalue weighted by Crippen LogP contribution is -2.49. The van der Waals surface area contributed by atoms with E-state index in [0.29, 0.717) is 62.7 Å². The number of aromatic nitrogens is 1. The maximum absolute atomic E-state index is 15.1. The van der Waals surface area contributed by atoms with Gasteiger partial charge in [0.1, 0.15) is 11.9 Å². The van der Waals surface area contributed by atoms with Gasteiger partial charge in [0, 0.05) is 30.7 Å². The summed E-state index contributed by atoms with van der Waals surface area (Å²) in [4.78, 5) is 63.6. The van der Waals surface area contributed by atoms with Gasteiger partial charge in [-0.05, 0) is 113 Å². The zero-order valence-corrected chi connectivity index (χ0v) is 37.0. The standard InChI is InChI=1S/C45H59F2N3O10S/c1-26-11-8-9-12-28-23-45(28,41(54)49-61(55,56)43(5)16-17-43)24-36(51)35-21-30(59-39-32-15-14-29(57-7)20-34(32)31-13-10-18-58-38(31)48-39)25-50(35)40(53)33(27(2)19-26)22-37(52)60-42(3,4)44(6,46)47/h9,12,14-15,20,26-28,30,33,35H,8,10-11,13,16-19,21-25H2,1-7H3,(H,49,54)/b12-9-/t26-,27-,28-,30-,33+,35+,45-/m1/s1. The molecule has 7 rings (SSSR count). The van der Waals surface area contributed by atoms with Crippen molar-refractivity contribution in [3.8, 4) is 17.5 Å². The van der Waals surface area contributed by atoms with Crippen LogP contribution in [0.2, 0.25) is 0 Å². The molecule has 13 nitrogen and oxygen atoms in total. The molecule has 0 spiro atoms. The highest BCUT2D eigenvalue weighted by Gasteiger charge is 2.63. The molecule has 4 heterocycles. The van der Waals surface area contributed by atoms with Crippen LogP contribution in [0.5, 0.6) is 17.5 Å². The van der Waals surface area contributed by atoms with Crippen molar-refractivity contribution in [3.63, 3.8) is 0 Å². The minimum Gasteiger partial charge on any atom is -0.497 e. The Hall–Kier alpha value is -4.34. The number of carbonyl (C=O) groups excluding carboxylic acids is 4. The predicted octanol–water partition coefficient (Wildman–Crippen LogP) is 6.88. The summed E-state index contributed by atoms with van der Waals surface area (Å²) >= 11 is 0. The third-order valence-electron chi connectivity index (χ3n) is 13.9. The zero-order valence-electron chi connectivity index (χ0n) is 36.2. The molecule has 5 aliphatic rings. The Bertz CT molecular complexity index is 2220. The molecule has 0 radical (unpaired) electrons. The van der Waals surface area contributed by atoms with Crippen molar-refractivity contribution in [2.45, 2.75) is 141 Å². The van der Waals surface area contributed by atoms with E-state index in [9.17, 15) is 31.6 Å². The van der Waals surface area contributed by atoms with E-state index in [1.165, 1.54) is 4.90 Å². The number of fused-ring (bicyclic) bond motifs is 5. The second kappa shape index (κ2) is 16.4. The SMILES string of the molecule is COc1ccc2c(O[C@@H]3C[C@H]4C(=O)C[C@]5(C(=O)NS(=O)(=O)C6(C)CC6)C[C@H]5/C=C\CC[C@@H](C)C[C@@H](C)[C@H](CC(=O)OC(C)(C)C(C)(F)F)C(=O)N4C3)nc3c(c2c1)CCCO3. The molecule has 3 fully saturated rings. The second-order valence-corrected chi connectivity index (χ2v) is 21.2. The van der Waals surface area contributed by atoms with Crippen LogP contribution in [0.1, 0.15) is 111 Å². The van der Waals surface area contributed by atoms with Gasteiger partial charge in [0.05, 0.1) is 48.8 Å². The van der Waals surface area contributed by atoms with Crippen LogP contribution in [0, 0.1) is 29.1 Å². The Kier molecular flexibility index (Phi) is 12.0. The molecule has 1 aromatic carbocycles. The number of ketones is 1. The largest absolute Gasteiger partial charge is 0.497 e. The van der Waals surface area contributed by atoms with Gasteiger partial charge in [0.15, 0.2) is 11.4 Å². The first kappa shape index (κ1) is 44.7. The van der Waals surface area contributed by atoms with Crippen LogP contribution in [0.3, 0.4) is 0 Å². The van der Waals surface area contributed by atoms with E-state index in [4.69, 9.17) is 23.9 Å². The van der Waals surface area contributed by atoms with E-state index in [-0.39, 0.29) is 37.6 Å². The number of benzene rings is 1. The number of rotatable bonds is 10. The molecule has 16 heteroatoms. The molecule has 1 N–H and O–H groups in total. The number of allylic oxidation sites excluding steroid dienone is 2. The minimum absolute atomic E-state index is 0.00740. The molecule has 0 bridgehead atoms. The number of methoxy groups -OCH3 is 1. The van der Waals surface area contributed by atoms with Gasteiger partial charge < -0.3 is 23.8 Å². The van der Waals surface area contributed by atoms with Crippen LogP contribution in [0.4, 0.5) is 8.78 Å². The third kappa shape index (κ3) is 8.97. The Morgan fingerprint density at radius 1 is 1.10 bits per heavy atom. The predicted molar refractivity (Wildman–Crippen MR) is 222 cm³/mol. The topological polar surface area (TPSA) is 167 Å². The molecule has 61 heavy (non-hydrogen) atoms. The zero-order chi connectivity index (χ0) is 44.3. The van der Waals surface area contributed by atoms with Crippen LogP contribution in [-0.4, -0.2) is 90.5 Å². The van der Waals surface area contributed by atoms with Gasteiger partial charge in [-0.3, -0.25) is 23.9 Å². The second-order valence-electron chi connectivity index (χ2n) is 19.0. The highest BCUT2D eigenvalue weighted by molar-refractivity contribution is 7.91. The minimum atomic E-state index is -4.02. The smallest absolute Gasteiger partial charge is 0.307 e.